The molecular weight excluding hydrogens is 596 g/mol. The number of rotatable bonds is 13. The SMILES string of the molecule is CS(=O)(=O)N(OC(=O)C(=O)OCS(=O)(=O)Nc1cccc(OCc2c[nH]cn2)c1)c1cccc(OCc2c[nH]cn2)c1. The summed E-state index contributed by atoms with van der Waals surface area (Å²) in [7, 11) is -8.57. The van der Waals surface area contributed by atoms with Gasteiger partial charge in [0.2, 0.25) is 5.94 Å². The smallest absolute Gasteiger partial charge is 0.442 e. The zero-order valence-electron chi connectivity index (χ0n) is 21.8. The summed E-state index contributed by atoms with van der Waals surface area (Å²) in [5.41, 5.74) is 1.11. The second kappa shape index (κ2) is 13.0. The predicted octanol–water partition coefficient (Wildman–Crippen LogP) is 1.46. The fourth-order valence-electron chi connectivity index (χ4n) is 3.21. The van der Waals surface area contributed by atoms with Crippen molar-refractivity contribution < 1.29 is 45.5 Å². The number of imidazole rings is 2. The number of hydrogen-bond donors (Lipinski definition) is 3. The average Bonchev–Trinajstić information content (AvgIpc) is 3.66. The van der Waals surface area contributed by atoms with Gasteiger partial charge in [-0.2, -0.15) is 0 Å². The molecule has 4 aromatic rings. The zero-order chi connectivity index (χ0) is 30.2. The van der Waals surface area contributed by atoms with E-state index in [9.17, 15) is 26.4 Å². The number of ether oxygens (including phenoxy) is 3. The minimum Gasteiger partial charge on any atom is -0.487 e. The molecule has 0 saturated carbocycles. The molecule has 0 atom stereocenters. The topological polar surface area (TPSA) is 212 Å². The number of esters is 1. The van der Waals surface area contributed by atoms with Crippen LogP contribution in [0.1, 0.15) is 11.4 Å². The van der Waals surface area contributed by atoms with Gasteiger partial charge in [-0.25, -0.2) is 36.4 Å². The summed E-state index contributed by atoms with van der Waals surface area (Å²) < 4.78 is 67.6. The van der Waals surface area contributed by atoms with Gasteiger partial charge in [0.15, 0.2) is 0 Å². The molecule has 0 saturated heterocycles. The van der Waals surface area contributed by atoms with Gasteiger partial charge in [0.25, 0.3) is 20.0 Å². The highest BCUT2D eigenvalue weighted by Crippen LogP contribution is 2.25. The van der Waals surface area contributed by atoms with Crippen molar-refractivity contribution in [3.8, 4) is 11.5 Å². The van der Waals surface area contributed by atoms with E-state index < -0.39 is 37.9 Å². The van der Waals surface area contributed by atoms with Crippen LogP contribution in [0.5, 0.6) is 11.5 Å². The van der Waals surface area contributed by atoms with Crippen molar-refractivity contribution in [2.45, 2.75) is 13.2 Å². The Morgan fingerprint density at radius 3 is 2.02 bits per heavy atom. The summed E-state index contributed by atoms with van der Waals surface area (Å²) in [6, 6.07) is 11.4. The van der Waals surface area contributed by atoms with Crippen LogP contribution in [0, 0.1) is 0 Å². The maximum Gasteiger partial charge on any atom is 0.442 e. The molecule has 0 aliphatic carbocycles. The minimum atomic E-state index is -4.31. The predicted molar refractivity (Wildman–Crippen MR) is 146 cm³/mol. The maximum absolute atomic E-state index is 12.4. The molecule has 0 aliphatic rings. The number of carbonyl (C=O) groups is 2. The summed E-state index contributed by atoms with van der Waals surface area (Å²) >= 11 is 0. The van der Waals surface area contributed by atoms with Crippen LogP contribution in [-0.4, -0.2) is 60.9 Å². The first-order valence-electron chi connectivity index (χ1n) is 11.8. The van der Waals surface area contributed by atoms with Gasteiger partial charge in [0.1, 0.15) is 24.7 Å². The summed E-state index contributed by atoms with van der Waals surface area (Å²) in [6.07, 6.45) is 6.90. The lowest BCUT2D eigenvalue weighted by molar-refractivity contribution is -0.166. The van der Waals surface area contributed by atoms with Gasteiger partial charge in [0.05, 0.1) is 41.7 Å². The van der Waals surface area contributed by atoms with E-state index in [-0.39, 0.29) is 34.8 Å². The Hall–Kier alpha value is -5.10. The molecule has 42 heavy (non-hydrogen) atoms. The summed E-state index contributed by atoms with van der Waals surface area (Å²) in [4.78, 5) is 42.9. The van der Waals surface area contributed by atoms with Crippen molar-refractivity contribution in [1.29, 1.82) is 0 Å². The molecule has 0 bridgehead atoms. The third-order valence-corrected chi connectivity index (χ3v) is 6.86. The van der Waals surface area contributed by atoms with Crippen LogP contribution in [0.3, 0.4) is 0 Å². The second-order valence-electron chi connectivity index (χ2n) is 8.36. The van der Waals surface area contributed by atoms with Crippen LogP contribution in [0.2, 0.25) is 0 Å². The molecule has 2 aromatic heterocycles. The fraction of sp³-hybridized carbons (Fsp3) is 0.167. The van der Waals surface area contributed by atoms with Crippen LogP contribution in [0.4, 0.5) is 11.4 Å². The Balaban J connectivity index is 1.33. The molecule has 222 valence electrons. The molecule has 0 fully saturated rings. The highest BCUT2D eigenvalue weighted by atomic mass is 32.2. The minimum absolute atomic E-state index is 0.0584. The van der Waals surface area contributed by atoms with Gasteiger partial charge in [0, 0.05) is 24.5 Å². The van der Waals surface area contributed by atoms with E-state index in [0.717, 1.165) is 6.26 Å². The first-order chi connectivity index (χ1) is 20.0. The van der Waals surface area contributed by atoms with Gasteiger partial charge in [-0.05, 0) is 24.3 Å². The molecule has 2 heterocycles. The molecule has 3 N–H and O–H groups in total. The van der Waals surface area contributed by atoms with E-state index in [0.29, 0.717) is 17.1 Å². The van der Waals surface area contributed by atoms with Crippen LogP contribution < -0.4 is 18.7 Å². The molecule has 16 nitrogen and oxygen atoms in total. The average molecular weight is 621 g/mol. The van der Waals surface area contributed by atoms with Crippen LogP contribution >= 0.6 is 0 Å². The Labute approximate surface area is 239 Å². The normalized spacial score (nSPS) is 11.4. The maximum atomic E-state index is 12.4. The van der Waals surface area contributed by atoms with Crippen LogP contribution in [0.15, 0.2) is 73.6 Å². The van der Waals surface area contributed by atoms with E-state index in [2.05, 4.69) is 29.4 Å². The first-order valence-corrected chi connectivity index (χ1v) is 15.3. The summed E-state index contributed by atoms with van der Waals surface area (Å²) in [5.74, 6) is -4.27. The van der Waals surface area contributed by atoms with Gasteiger partial charge in [-0.15, -0.1) is 0 Å². The highest BCUT2D eigenvalue weighted by molar-refractivity contribution is 7.92. The Morgan fingerprint density at radius 2 is 1.45 bits per heavy atom. The molecule has 4 rings (SSSR count). The number of carbonyl (C=O) groups excluding carboxylic acids is 2. The van der Waals surface area contributed by atoms with E-state index in [4.69, 9.17) is 14.3 Å². The number of aromatic amines is 2. The van der Waals surface area contributed by atoms with Gasteiger partial charge in [-0.1, -0.05) is 16.6 Å². The van der Waals surface area contributed by atoms with E-state index in [1.807, 2.05) is 0 Å². The molecule has 0 radical (unpaired) electrons. The van der Waals surface area contributed by atoms with Crippen molar-refractivity contribution in [2.24, 2.45) is 0 Å². The number of nitrogens with one attached hydrogen (secondary N) is 3. The van der Waals surface area contributed by atoms with Gasteiger partial charge >= 0.3 is 11.9 Å². The molecular formula is C24H24N6O10S2. The first kappa shape index (κ1) is 29.9. The lowest BCUT2D eigenvalue weighted by Crippen LogP contribution is -2.36. The number of H-pyrrole nitrogens is 2. The van der Waals surface area contributed by atoms with E-state index in [1.165, 1.54) is 55.1 Å². The van der Waals surface area contributed by atoms with Crippen molar-refractivity contribution in [2.75, 3.05) is 21.4 Å². The third-order valence-electron chi connectivity index (χ3n) is 5.00. The molecule has 2 aromatic carbocycles. The van der Waals surface area contributed by atoms with Crippen molar-refractivity contribution in [1.82, 2.24) is 19.9 Å². The Kier molecular flexibility index (Phi) is 9.28. The van der Waals surface area contributed by atoms with E-state index in [1.54, 1.807) is 18.5 Å². The quantitative estimate of drug-likeness (QED) is 0.110. The second-order valence-corrected chi connectivity index (χ2v) is 11.8. The number of anilines is 2. The van der Waals surface area contributed by atoms with Crippen molar-refractivity contribution in [3.05, 3.63) is 85.0 Å². The number of benzene rings is 2. The standard InChI is InChI=1S/C24H24N6O10S2/c1-41(33,34)30(20-5-3-7-22(9-20)38-13-19-11-26-15-28-19)40-24(32)23(31)39-16-42(35,36)29-17-4-2-6-21(8-17)37-12-18-10-25-14-27-18/h2-11,14-15,29H,12-13,16H2,1H3,(H,25,27)(H,26,28). The zero-order valence-corrected chi connectivity index (χ0v) is 23.4. The van der Waals surface area contributed by atoms with E-state index >= 15 is 0 Å². The molecule has 0 unspecified atom stereocenters. The number of aromatic nitrogens is 4. The van der Waals surface area contributed by atoms with Gasteiger partial charge < -0.3 is 29.0 Å². The molecule has 0 spiro atoms. The van der Waals surface area contributed by atoms with Crippen molar-refractivity contribution in [3.63, 3.8) is 0 Å². The van der Waals surface area contributed by atoms with Crippen LogP contribution in [0.25, 0.3) is 0 Å². The fourth-order valence-corrected chi connectivity index (χ4v) is 4.72. The summed E-state index contributed by atoms with van der Waals surface area (Å²) in [6.45, 7) is 0.190. The monoisotopic (exact) mass is 620 g/mol. The Bertz CT molecular complexity index is 1730. The summed E-state index contributed by atoms with van der Waals surface area (Å²) in [5, 5.41) is 0. The Morgan fingerprint density at radius 1 is 0.857 bits per heavy atom. The molecule has 0 aliphatic heterocycles. The lowest BCUT2D eigenvalue weighted by Gasteiger charge is -2.20. The third kappa shape index (κ3) is 8.70. The highest BCUT2D eigenvalue weighted by Gasteiger charge is 2.29. The van der Waals surface area contributed by atoms with Crippen molar-refractivity contribution >= 4 is 43.4 Å². The largest absolute Gasteiger partial charge is 0.487 e. The van der Waals surface area contributed by atoms with Crippen LogP contribution in [-0.2, 0) is 52.4 Å². The lowest BCUT2D eigenvalue weighted by atomic mass is 10.3. The number of sulfonamides is 2. The molecule has 18 heteroatoms. The van der Waals surface area contributed by atoms with Gasteiger partial charge in [-0.3, -0.25) is 4.72 Å². The number of nitrogens with zero attached hydrogens (tertiary/aromatic N) is 3. The molecule has 0 amide bonds. The number of hydrogen-bond acceptors (Lipinski definition) is 12.